The van der Waals surface area contributed by atoms with E-state index in [0.29, 0.717) is 11.5 Å². The summed E-state index contributed by atoms with van der Waals surface area (Å²) in [7, 11) is 2.06. The Hall–Kier alpha value is -2.47. The van der Waals surface area contributed by atoms with Gasteiger partial charge < -0.3 is 15.1 Å². The van der Waals surface area contributed by atoms with Gasteiger partial charge in [0.05, 0.1) is 0 Å². The van der Waals surface area contributed by atoms with Crippen LogP contribution in [-0.2, 0) is 0 Å². The lowest BCUT2D eigenvalue weighted by Gasteiger charge is -2.32. The average molecular weight is 311 g/mol. The van der Waals surface area contributed by atoms with Crippen LogP contribution in [0.5, 0.6) is 0 Å². The fourth-order valence-corrected chi connectivity index (χ4v) is 2.56. The molecule has 1 aromatic carbocycles. The van der Waals surface area contributed by atoms with Crippen molar-refractivity contribution in [2.24, 2.45) is 0 Å². The van der Waals surface area contributed by atoms with Crippen molar-refractivity contribution >= 4 is 17.4 Å². The maximum atomic E-state index is 12.4. The van der Waals surface area contributed by atoms with Crippen LogP contribution in [0.25, 0.3) is 0 Å². The van der Waals surface area contributed by atoms with Crippen molar-refractivity contribution in [3.8, 4) is 0 Å². The average Bonchev–Trinajstić information content (AvgIpc) is 2.56. The molecule has 1 aliphatic rings. The molecule has 0 unspecified atom stereocenters. The van der Waals surface area contributed by atoms with E-state index < -0.39 is 0 Å². The SMILES string of the molecule is Cc1cccc(Nc2ccc(C(=O)N3CCN(C)CC3)nn2)c1. The van der Waals surface area contributed by atoms with Gasteiger partial charge in [-0.1, -0.05) is 12.1 Å². The topological polar surface area (TPSA) is 61.4 Å². The summed E-state index contributed by atoms with van der Waals surface area (Å²) >= 11 is 0. The van der Waals surface area contributed by atoms with Crippen LogP contribution in [0.4, 0.5) is 11.5 Å². The summed E-state index contributed by atoms with van der Waals surface area (Å²) in [6, 6.07) is 11.5. The molecule has 2 heterocycles. The van der Waals surface area contributed by atoms with Crippen molar-refractivity contribution in [1.82, 2.24) is 20.0 Å². The number of likely N-dealkylation sites (N-methyl/N-ethyl adjacent to an activating group) is 1. The van der Waals surface area contributed by atoms with Gasteiger partial charge in [-0.3, -0.25) is 4.79 Å². The molecule has 2 aromatic rings. The van der Waals surface area contributed by atoms with Crippen LogP contribution in [0.3, 0.4) is 0 Å². The van der Waals surface area contributed by atoms with E-state index in [1.807, 2.05) is 36.1 Å². The summed E-state index contributed by atoms with van der Waals surface area (Å²) in [4.78, 5) is 16.4. The highest BCUT2D eigenvalue weighted by atomic mass is 16.2. The lowest BCUT2D eigenvalue weighted by molar-refractivity contribution is 0.0657. The Bertz CT molecular complexity index is 678. The largest absolute Gasteiger partial charge is 0.339 e. The zero-order chi connectivity index (χ0) is 16.2. The lowest BCUT2D eigenvalue weighted by atomic mass is 10.2. The number of benzene rings is 1. The number of nitrogens with zero attached hydrogens (tertiary/aromatic N) is 4. The fourth-order valence-electron chi connectivity index (χ4n) is 2.56. The van der Waals surface area contributed by atoms with Crippen molar-refractivity contribution in [3.05, 3.63) is 47.7 Å². The maximum absolute atomic E-state index is 12.4. The monoisotopic (exact) mass is 311 g/mol. The first-order valence-electron chi connectivity index (χ1n) is 7.77. The Morgan fingerprint density at radius 2 is 1.87 bits per heavy atom. The summed E-state index contributed by atoms with van der Waals surface area (Å²) in [5.74, 6) is 0.582. The van der Waals surface area contributed by atoms with Crippen LogP contribution >= 0.6 is 0 Å². The van der Waals surface area contributed by atoms with E-state index >= 15 is 0 Å². The van der Waals surface area contributed by atoms with Crippen LogP contribution in [-0.4, -0.2) is 59.1 Å². The number of piperazine rings is 1. The predicted octanol–water partition coefficient (Wildman–Crippen LogP) is 1.92. The quantitative estimate of drug-likeness (QED) is 0.938. The Kier molecular flexibility index (Phi) is 4.52. The number of hydrogen-bond acceptors (Lipinski definition) is 5. The molecule has 1 amide bonds. The normalized spacial score (nSPS) is 15.5. The van der Waals surface area contributed by atoms with Crippen LogP contribution in [0.15, 0.2) is 36.4 Å². The molecule has 120 valence electrons. The Morgan fingerprint density at radius 1 is 1.09 bits per heavy atom. The fraction of sp³-hybridized carbons (Fsp3) is 0.353. The van der Waals surface area contributed by atoms with Crippen LogP contribution in [0, 0.1) is 6.92 Å². The van der Waals surface area contributed by atoms with Gasteiger partial charge in [0.1, 0.15) is 0 Å². The molecule has 0 aliphatic carbocycles. The molecule has 3 rings (SSSR count). The number of nitrogens with one attached hydrogen (secondary N) is 1. The number of aromatic nitrogens is 2. The van der Waals surface area contributed by atoms with Gasteiger partial charge in [-0.25, -0.2) is 0 Å². The van der Waals surface area contributed by atoms with Gasteiger partial charge in [-0.05, 0) is 43.8 Å². The zero-order valence-corrected chi connectivity index (χ0v) is 13.5. The van der Waals surface area contributed by atoms with Crippen molar-refractivity contribution in [2.75, 3.05) is 38.5 Å². The third-order valence-electron chi connectivity index (χ3n) is 3.96. The molecule has 6 nitrogen and oxygen atoms in total. The second-order valence-corrected chi connectivity index (χ2v) is 5.89. The van der Waals surface area contributed by atoms with Crippen LogP contribution in [0.1, 0.15) is 16.1 Å². The minimum absolute atomic E-state index is 0.0484. The molecule has 0 radical (unpaired) electrons. The minimum Gasteiger partial charge on any atom is -0.339 e. The molecular formula is C17H21N5O. The summed E-state index contributed by atoms with van der Waals surface area (Å²) < 4.78 is 0. The molecule has 0 saturated carbocycles. The first-order chi connectivity index (χ1) is 11.1. The van der Waals surface area contributed by atoms with Gasteiger partial charge in [0.25, 0.3) is 5.91 Å². The molecule has 1 N–H and O–H groups in total. The predicted molar refractivity (Wildman–Crippen MR) is 89.9 cm³/mol. The van der Waals surface area contributed by atoms with Crippen molar-refractivity contribution in [3.63, 3.8) is 0 Å². The number of rotatable bonds is 3. The van der Waals surface area contributed by atoms with Crippen LogP contribution < -0.4 is 5.32 Å². The van der Waals surface area contributed by atoms with Gasteiger partial charge in [-0.15, -0.1) is 10.2 Å². The molecule has 6 heteroatoms. The number of carbonyl (C=O) groups is 1. The molecule has 1 fully saturated rings. The van der Waals surface area contributed by atoms with Gasteiger partial charge >= 0.3 is 0 Å². The molecule has 0 atom stereocenters. The Morgan fingerprint density at radius 3 is 2.52 bits per heavy atom. The maximum Gasteiger partial charge on any atom is 0.274 e. The zero-order valence-electron chi connectivity index (χ0n) is 13.5. The molecule has 0 spiro atoms. The molecule has 1 aliphatic heterocycles. The summed E-state index contributed by atoms with van der Waals surface area (Å²) in [5, 5.41) is 11.4. The van der Waals surface area contributed by atoms with Gasteiger partial charge in [0.15, 0.2) is 11.5 Å². The standard InChI is InChI=1S/C17H21N5O/c1-13-4-3-5-14(12-13)18-16-7-6-15(19-20-16)17(23)22-10-8-21(2)9-11-22/h3-7,12H,8-11H2,1-2H3,(H,18,20). The highest BCUT2D eigenvalue weighted by Gasteiger charge is 2.21. The van der Waals surface area contributed by atoms with Crippen molar-refractivity contribution in [1.29, 1.82) is 0 Å². The lowest BCUT2D eigenvalue weighted by Crippen LogP contribution is -2.47. The summed E-state index contributed by atoms with van der Waals surface area (Å²) in [6.45, 7) is 5.30. The first-order valence-corrected chi connectivity index (χ1v) is 7.77. The molecule has 23 heavy (non-hydrogen) atoms. The third kappa shape index (κ3) is 3.84. The van der Waals surface area contributed by atoms with Crippen molar-refractivity contribution < 1.29 is 4.79 Å². The van der Waals surface area contributed by atoms with E-state index in [1.165, 1.54) is 5.56 Å². The molecule has 0 bridgehead atoms. The van der Waals surface area contributed by atoms with Gasteiger partial charge in [0, 0.05) is 31.9 Å². The second kappa shape index (κ2) is 6.75. The number of carbonyl (C=O) groups excluding carboxylic acids is 1. The van der Waals surface area contributed by atoms with Gasteiger partial charge in [-0.2, -0.15) is 0 Å². The number of aryl methyl sites for hydroxylation is 1. The number of anilines is 2. The van der Waals surface area contributed by atoms with Crippen LogP contribution in [0.2, 0.25) is 0 Å². The second-order valence-electron chi connectivity index (χ2n) is 5.89. The Labute approximate surface area is 136 Å². The van der Waals surface area contributed by atoms with Gasteiger partial charge in [0.2, 0.25) is 0 Å². The minimum atomic E-state index is -0.0484. The van der Waals surface area contributed by atoms with E-state index in [1.54, 1.807) is 12.1 Å². The van der Waals surface area contributed by atoms with E-state index in [-0.39, 0.29) is 5.91 Å². The Balaban J connectivity index is 1.66. The summed E-state index contributed by atoms with van der Waals surface area (Å²) in [5.41, 5.74) is 2.52. The van der Waals surface area contributed by atoms with E-state index in [9.17, 15) is 4.79 Å². The van der Waals surface area contributed by atoms with E-state index in [2.05, 4.69) is 27.5 Å². The first kappa shape index (κ1) is 15.4. The highest BCUT2D eigenvalue weighted by Crippen LogP contribution is 2.15. The van der Waals surface area contributed by atoms with E-state index in [0.717, 1.165) is 31.9 Å². The number of hydrogen-bond donors (Lipinski definition) is 1. The third-order valence-corrected chi connectivity index (χ3v) is 3.96. The smallest absolute Gasteiger partial charge is 0.274 e. The summed E-state index contributed by atoms with van der Waals surface area (Å²) in [6.07, 6.45) is 0. The molecular weight excluding hydrogens is 290 g/mol. The highest BCUT2D eigenvalue weighted by molar-refractivity contribution is 5.92. The number of amides is 1. The molecule has 1 aromatic heterocycles. The van der Waals surface area contributed by atoms with E-state index in [4.69, 9.17) is 0 Å². The molecule has 1 saturated heterocycles. The van der Waals surface area contributed by atoms with Crippen molar-refractivity contribution in [2.45, 2.75) is 6.92 Å².